The third-order valence-electron chi connectivity index (χ3n) is 3.63. The molecule has 23 heavy (non-hydrogen) atoms. The van der Waals surface area contributed by atoms with Crippen LogP contribution >= 0.6 is 34.4 Å². The van der Waals surface area contributed by atoms with Gasteiger partial charge < -0.3 is 4.90 Å². The molecule has 1 saturated heterocycles. The van der Waals surface area contributed by atoms with Crippen molar-refractivity contribution in [2.24, 2.45) is 0 Å². The van der Waals surface area contributed by atoms with Crippen molar-refractivity contribution in [3.8, 4) is 0 Å². The summed E-state index contributed by atoms with van der Waals surface area (Å²) in [5.74, 6) is 0.854. The summed E-state index contributed by atoms with van der Waals surface area (Å²) < 4.78 is 1.09. The van der Waals surface area contributed by atoms with Gasteiger partial charge in [0.2, 0.25) is 0 Å². The molecule has 1 unspecified atom stereocenters. The summed E-state index contributed by atoms with van der Waals surface area (Å²) in [4.78, 5) is 24.9. The number of carbonyl (C=O) groups excluding carboxylic acids is 1. The number of rotatable bonds is 3. The standard InChI is InChI=1S/C16H13IN2O3S/c17-13-5-1-11(2-6-13)15(20)18-9-10-23-16(18)12-3-7-14(8-4-12)19(21)22/h1-8,16H,9-10H2. The summed E-state index contributed by atoms with van der Waals surface area (Å²) in [6, 6.07) is 13.9. The second-order valence-electron chi connectivity index (χ2n) is 5.08. The zero-order valence-electron chi connectivity index (χ0n) is 12.0. The minimum absolute atomic E-state index is 0.00486. The maximum Gasteiger partial charge on any atom is 0.269 e. The van der Waals surface area contributed by atoms with Crippen LogP contribution in [0.3, 0.4) is 0 Å². The first-order valence-corrected chi connectivity index (χ1v) is 9.11. The van der Waals surface area contributed by atoms with Gasteiger partial charge in [-0.1, -0.05) is 0 Å². The molecule has 0 radical (unpaired) electrons. The lowest BCUT2D eigenvalue weighted by atomic mass is 10.1. The van der Waals surface area contributed by atoms with Crippen molar-refractivity contribution in [3.05, 3.63) is 73.3 Å². The number of hydrogen-bond donors (Lipinski definition) is 0. The van der Waals surface area contributed by atoms with Crippen LogP contribution in [0, 0.1) is 13.7 Å². The van der Waals surface area contributed by atoms with E-state index in [9.17, 15) is 14.9 Å². The lowest BCUT2D eigenvalue weighted by Gasteiger charge is -2.24. The van der Waals surface area contributed by atoms with E-state index in [-0.39, 0.29) is 17.0 Å². The predicted molar refractivity (Wildman–Crippen MR) is 98.5 cm³/mol. The van der Waals surface area contributed by atoms with Crippen LogP contribution < -0.4 is 0 Å². The quantitative estimate of drug-likeness (QED) is 0.410. The van der Waals surface area contributed by atoms with E-state index in [0.717, 1.165) is 14.9 Å². The lowest BCUT2D eigenvalue weighted by Crippen LogP contribution is -2.30. The fourth-order valence-corrected chi connectivity index (χ4v) is 4.09. The first-order valence-electron chi connectivity index (χ1n) is 6.99. The summed E-state index contributed by atoms with van der Waals surface area (Å²) in [7, 11) is 0. The van der Waals surface area contributed by atoms with E-state index in [4.69, 9.17) is 0 Å². The van der Waals surface area contributed by atoms with Gasteiger partial charge in [-0.3, -0.25) is 14.9 Å². The van der Waals surface area contributed by atoms with Crippen molar-refractivity contribution in [2.45, 2.75) is 5.37 Å². The van der Waals surface area contributed by atoms with Gasteiger partial charge in [0, 0.05) is 33.6 Å². The van der Waals surface area contributed by atoms with Crippen molar-refractivity contribution in [3.63, 3.8) is 0 Å². The first-order chi connectivity index (χ1) is 11.1. The smallest absolute Gasteiger partial charge is 0.269 e. The molecule has 1 fully saturated rings. The molecule has 1 atom stereocenters. The highest BCUT2D eigenvalue weighted by molar-refractivity contribution is 14.1. The van der Waals surface area contributed by atoms with E-state index in [1.165, 1.54) is 12.1 Å². The van der Waals surface area contributed by atoms with Crippen LogP contribution in [0.5, 0.6) is 0 Å². The molecule has 1 amide bonds. The van der Waals surface area contributed by atoms with Crippen molar-refractivity contribution in [1.82, 2.24) is 4.90 Å². The van der Waals surface area contributed by atoms with Crippen LogP contribution in [0.25, 0.3) is 0 Å². The molecule has 2 aromatic rings. The van der Waals surface area contributed by atoms with Gasteiger partial charge in [-0.15, -0.1) is 11.8 Å². The predicted octanol–water partition coefficient (Wildman–Crippen LogP) is 4.09. The highest BCUT2D eigenvalue weighted by atomic mass is 127. The number of carbonyl (C=O) groups is 1. The lowest BCUT2D eigenvalue weighted by molar-refractivity contribution is -0.384. The topological polar surface area (TPSA) is 63.5 Å². The number of nitro groups is 1. The van der Waals surface area contributed by atoms with Crippen molar-refractivity contribution >= 4 is 45.9 Å². The SMILES string of the molecule is O=C(c1ccc(I)cc1)N1CCSC1c1ccc([N+](=O)[O-])cc1. The molecule has 3 rings (SSSR count). The van der Waals surface area contributed by atoms with Gasteiger partial charge in [-0.05, 0) is 64.6 Å². The number of thioether (sulfide) groups is 1. The Labute approximate surface area is 151 Å². The Bertz CT molecular complexity index is 734. The Morgan fingerprint density at radius 3 is 2.43 bits per heavy atom. The average molecular weight is 440 g/mol. The molecule has 7 heteroatoms. The van der Waals surface area contributed by atoms with E-state index in [1.54, 1.807) is 23.9 Å². The summed E-state index contributed by atoms with van der Waals surface area (Å²) >= 11 is 3.88. The molecule has 0 N–H and O–H groups in total. The van der Waals surface area contributed by atoms with Gasteiger partial charge in [0.15, 0.2) is 0 Å². The third-order valence-corrected chi connectivity index (χ3v) is 5.61. The van der Waals surface area contributed by atoms with Gasteiger partial charge >= 0.3 is 0 Å². The highest BCUT2D eigenvalue weighted by Crippen LogP contribution is 2.39. The van der Waals surface area contributed by atoms with Crippen molar-refractivity contribution < 1.29 is 9.72 Å². The van der Waals surface area contributed by atoms with Gasteiger partial charge in [-0.2, -0.15) is 0 Å². The maximum absolute atomic E-state index is 12.7. The Balaban J connectivity index is 1.83. The number of halogens is 1. The minimum atomic E-state index is -0.417. The molecular formula is C16H13IN2O3S. The normalized spacial score (nSPS) is 17.3. The number of hydrogen-bond acceptors (Lipinski definition) is 4. The second kappa shape index (κ2) is 6.88. The van der Waals surface area contributed by atoms with Crippen LogP contribution in [0.1, 0.15) is 21.3 Å². The van der Waals surface area contributed by atoms with Crippen LogP contribution in [0.4, 0.5) is 5.69 Å². The second-order valence-corrected chi connectivity index (χ2v) is 7.51. The molecule has 1 aliphatic rings. The molecule has 118 valence electrons. The van der Waals surface area contributed by atoms with E-state index < -0.39 is 4.92 Å². The van der Waals surface area contributed by atoms with Crippen molar-refractivity contribution in [2.75, 3.05) is 12.3 Å². The Hall–Kier alpha value is -1.61. The summed E-state index contributed by atoms with van der Waals surface area (Å²) in [5, 5.41) is 10.7. The zero-order valence-corrected chi connectivity index (χ0v) is 15.0. The molecule has 0 saturated carbocycles. The molecule has 5 nitrogen and oxygen atoms in total. The number of nitrogens with zero attached hydrogens (tertiary/aromatic N) is 2. The van der Waals surface area contributed by atoms with Gasteiger partial charge in [-0.25, -0.2) is 0 Å². The number of amides is 1. The van der Waals surface area contributed by atoms with Gasteiger partial charge in [0.05, 0.1) is 4.92 Å². The Kier molecular flexibility index (Phi) is 4.86. The van der Waals surface area contributed by atoms with Crippen LogP contribution in [-0.2, 0) is 0 Å². The monoisotopic (exact) mass is 440 g/mol. The fraction of sp³-hybridized carbons (Fsp3) is 0.188. The number of nitro benzene ring substituents is 1. The van der Waals surface area contributed by atoms with E-state index in [2.05, 4.69) is 22.6 Å². The van der Waals surface area contributed by atoms with Crippen LogP contribution in [-0.4, -0.2) is 28.0 Å². The number of benzene rings is 2. The highest BCUT2D eigenvalue weighted by Gasteiger charge is 2.31. The van der Waals surface area contributed by atoms with E-state index >= 15 is 0 Å². The van der Waals surface area contributed by atoms with Crippen LogP contribution in [0.15, 0.2) is 48.5 Å². The Morgan fingerprint density at radius 2 is 1.83 bits per heavy atom. The fourth-order valence-electron chi connectivity index (χ4n) is 2.47. The molecule has 0 spiro atoms. The first kappa shape index (κ1) is 16.3. The molecule has 2 aromatic carbocycles. The van der Waals surface area contributed by atoms with Crippen molar-refractivity contribution in [1.29, 1.82) is 0 Å². The molecule has 0 aliphatic carbocycles. The number of non-ortho nitro benzene ring substituents is 1. The molecule has 0 aromatic heterocycles. The molecule has 1 heterocycles. The summed E-state index contributed by atoms with van der Waals surface area (Å²) in [6.07, 6.45) is 0. The maximum atomic E-state index is 12.7. The summed E-state index contributed by atoms with van der Waals surface area (Å²) in [6.45, 7) is 0.678. The summed E-state index contributed by atoms with van der Waals surface area (Å²) in [5.41, 5.74) is 1.64. The zero-order chi connectivity index (χ0) is 16.4. The van der Waals surface area contributed by atoms with Gasteiger partial charge in [0.1, 0.15) is 5.37 Å². The minimum Gasteiger partial charge on any atom is -0.322 e. The molecule has 1 aliphatic heterocycles. The average Bonchev–Trinajstić information content (AvgIpc) is 3.04. The largest absolute Gasteiger partial charge is 0.322 e. The van der Waals surface area contributed by atoms with E-state index in [1.807, 2.05) is 29.2 Å². The third kappa shape index (κ3) is 3.50. The van der Waals surface area contributed by atoms with E-state index in [0.29, 0.717) is 12.1 Å². The molecular weight excluding hydrogens is 427 g/mol. The molecule has 0 bridgehead atoms. The Morgan fingerprint density at radius 1 is 1.17 bits per heavy atom. The van der Waals surface area contributed by atoms with Crippen LogP contribution in [0.2, 0.25) is 0 Å². The van der Waals surface area contributed by atoms with Gasteiger partial charge in [0.25, 0.3) is 11.6 Å².